The van der Waals surface area contributed by atoms with Crippen LogP contribution >= 0.6 is 27.5 Å². The van der Waals surface area contributed by atoms with E-state index in [1.54, 1.807) is 36.7 Å². The number of anilines is 2. The van der Waals surface area contributed by atoms with Crippen molar-refractivity contribution >= 4 is 44.8 Å². The topological polar surface area (TPSA) is 54.0 Å². The molecule has 1 heterocycles. The van der Waals surface area contributed by atoms with Gasteiger partial charge in [-0.1, -0.05) is 18.5 Å². The summed E-state index contributed by atoms with van der Waals surface area (Å²) < 4.78 is 0.788. The molecule has 6 heteroatoms. The van der Waals surface area contributed by atoms with E-state index in [0.29, 0.717) is 16.3 Å². The maximum atomic E-state index is 12.4. The van der Waals surface area contributed by atoms with Crippen LogP contribution in [0, 0.1) is 0 Å². The van der Waals surface area contributed by atoms with Gasteiger partial charge in [0.2, 0.25) is 0 Å². The van der Waals surface area contributed by atoms with Gasteiger partial charge in [-0.05, 0) is 46.6 Å². The third-order valence-electron chi connectivity index (χ3n) is 2.81. The van der Waals surface area contributed by atoms with Gasteiger partial charge in [-0.2, -0.15) is 0 Å². The number of carbonyl (C=O) groups excluding carboxylic acids is 1. The molecule has 4 nitrogen and oxygen atoms in total. The molecule has 2 aromatic rings. The Kier molecular flexibility index (Phi) is 5.59. The van der Waals surface area contributed by atoms with E-state index in [1.807, 2.05) is 0 Å². The summed E-state index contributed by atoms with van der Waals surface area (Å²) in [6.07, 6.45) is 4.22. The molecule has 2 N–H and O–H groups in total. The second kappa shape index (κ2) is 7.43. The summed E-state index contributed by atoms with van der Waals surface area (Å²) in [6, 6.07) is 6.96. The van der Waals surface area contributed by atoms with Gasteiger partial charge in [-0.15, -0.1) is 0 Å². The molecule has 0 saturated heterocycles. The molecule has 1 aromatic carbocycles. The Hall–Kier alpha value is -1.59. The van der Waals surface area contributed by atoms with Gasteiger partial charge in [0, 0.05) is 22.9 Å². The van der Waals surface area contributed by atoms with E-state index in [4.69, 9.17) is 11.6 Å². The maximum Gasteiger partial charge on any atom is 0.257 e. The number of hydrogen-bond donors (Lipinski definition) is 2. The van der Waals surface area contributed by atoms with E-state index in [1.165, 1.54) is 0 Å². The Morgan fingerprint density at radius 3 is 2.90 bits per heavy atom. The first kappa shape index (κ1) is 15.8. The van der Waals surface area contributed by atoms with Crippen molar-refractivity contribution in [3.63, 3.8) is 0 Å². The van der Waals surface area contributed by atoms with E-state index in [0.717, 1.165) is 23.1 Å². The second-order valence-corrected chi connectivity index (χ2v) is 5.69. The molecule has 0 fully saturated rings. The van der Waals surface area contributed by atoms with Crippen molar-refractivity contribution < 1.29 is 4.79 Å². The normalized spacial score (nSPS) is 10.2. The summed E-state index contributed by atoms with van der Waals surface area (Å²) in [7, 11) is 0. The zero-order valence-electron chi connectivity index (χ0n) is 11.5. The zero-order valence-corrected chi connectivity index (χ0v) is 13.8. The Bertz CT molecular complexity index is 649. The number of carbonyl (C=O) groups is 1. The SMILES string of the molecule is CCCNc1cnccc1C(=O)Nc1ccc(Br)c(Cl)c1. The number of rotatable bonds is 5. The molecule has 0 spiro atoms. The minimum absolute atomic E-state index is 0.200. The summed E-state index contributed by atoms with van der Waals surface area (Å²) >= 11 is 9.34. The van der Waals surface area contributed by atoms with Crippen LogP contribution in [0.1, 0.15) is 23.7 Å². The van der Waals surface area contributed by atoms with Crippen LogP contribution in [0.25, 0.3) is 0 Å². The summed E-state index contributed by atoms with van der Waals surface area (Å²) in [5.74, 6) is -0.200. The van der Waals surface area contributed by atoms with Gasteiger partial charge in [0.15, 0.2) is 0 Å². The lowest BCUT2D eigenvalue weighted by atomic mass is 10.2. The lowest BCUT2D eigenvalue weighted by molar-refractivity contribution is 0.102. The number of benzene rings is 1. The fraction of sp³-hybridized carbons (Fsp3) is 0.200. The Labute approximate surface area is 137 Å². The number of pyridine rings is 1. The molecule has 0 atom stereocenters. The Morgan fingerprint density at radius 1 is 1.38 bits per heavy atom. The van der Waals surface area contributed by atoms with Crippen LogP contribution in [-0.2, 0) is 0 Å². The van der Waals surface area contributed by atoms with E-state index in [9.17, 15) is 4.79 Å². The standard InChI is InChI=1S/C15H15BrClN3O/c1-2-6-19-14-9-18-7-5-11(14)15(21)20-10-3-4-12(16)13(17)8-10/h3-5,7-9,19H,2,6H2,1H3,(H,20,21). The maximum absolute atomic E-state index is 12.4. The predicted octanol–water partition coefficient (Wildman–Crippen LogP) is 4.57. The largest absolute Gasteiger partial charge is 0.383 e. The average molecular weight is 369 g/mol. The minimum atomic E-state index is -0.200. The smallest absolute Gasteiger partial charge is 0.257 e. The third kappa shape index (κ3) is 4.19. The van der Waals surface area contributed by atoms with Gasteiger partial charge in [0.25, 0.3) is 5.91 Å². The van der Waals surface area contributed by atoms with Crippen molar-refractivity contribution in [1.82, 2.24) is 4.98 Å². The molecule has 0 aliphatic carbocycles. The lowest BCUT2D eigenvalue weighted by Crippen LogP contribution is -2.15. The summed E-state index contributed by atoms with van der Waals surface area (Å²) in [4.78, 5) is 16.4. The van der Waals surface area contributed by atoms with E-state index in [2.05, 4.69) is 38.5 Å². The van der Waals surface area contributed by atoms with Crippen molar-refractivity contribution in [2.45, 2.75) is 13.3 Å². The molecular weight excluding hydrogens is 354 g/mol. The fourth-order valence-corrected chi connectivity index (χ4v) is 2.19. The van der Waals surface area contributed by atoms with Crippen molar-refractivity contribution in [3.8, 4) is 0 Å². The average Bonchev–Trinajstić information content (AvgIpc) is 2.49. The third-order valence-corrected chi connectivity index (χ3v) is 4.04. The van der Waals surface area contributed by atoms with Gasteiger partial charge in [0.05, 0.1) is 22.5 Å². The zero-order chi connectivity index (χ0) is 15.2. The molecule has 0 bridgehead atoms. The Balaban J connectivity index is 2.18. The first-order chi connectivity index (χ1) is 10.1. The number of aromatic nitrogens is 1. The second-order valence-electron chi connectivity index (χ2n) is 4.43. The molecule has 0 saturated carbocycles. The highest BCUT2D eigenvalue weighted by Gasteiger charge is 2.12. The monoisotopic (exact) mass is 367 g/mol. The van der Waals surface area contributed by atoms with Gasteiger partial charge in [0.1, 0.15) is 0 Å². The molecule has 110 valence electrons. The first-order valence-electron chi connectivity index (χ1n) is 6.56. The molecule has 0 aliphatic rings. The van der Waals surface area contributed by atoms with Crippen molar-refractivity contribution in [2.24, 2.45) is 0 Å². The van der Waals surface area contributed by atoms with E-state index < -0.39 is 0 Å². The van der Waals surface area contributed by atoms with Crippen LogP contribution in [0.5, 0.6) is 0 Å². The molecule has 1 amide bonds. The molecule has 0 aliphatic heterocycles. The highest BCUT2D eigenvalue weighted by Crippen LogP contribution is 2.26. The number of halogens is 2. The molecule has 21 heavy (non-hydrogen) atoms. The highest BCUT2D eigenvalue weighted by atomic mass is 79.9. The fourth-order valence-electron chi connectivity index (χ4n) is 1.77. The molecule has 2 rings (SSSR count). The summed E-state index contributed by atoms with van der Waals surface area (Å²) in [5, 5.41) is 6.57. The number of hydrogen-bond acceptors (Lipinski definition) is 3. The molecule has 0 unspecified atom stereocenters. The number of nitrogens with one attached hydrogen (secondary N) is 2. The van der Waals surface area contributed by atoms with Gasteiger partial charge < -0.3 is 10.6 Å². The molecule has 0 radical (unpaired) electrons. The van der Waals surface area contributed by atoms with E-state index in [-0.39, 0.29) is 5.91 Å². The van der Waals surface area contributed by atoms with Crippen LogP contribution < -0.4 is 10.6 Å². The van der Waals surface area contributed by atoms with Crippen LogP contribution in [0.15, 0.2) is 41.1 Å². The van der Waals surface area contributed by atoms with Crippen LogP contribution in [-0.4, -0.2) is 17.4 Å². The molecule has 1 aromatic heterocycles. The first-order valence-corrected chi connectivity index (χ1v) is 7.73. The number of nitrogens with zero attached hydrogens (tertiary/aromatic N) is 1. The summed E-state index contributed by atoms with van der Waals surface area (Å²) in [5.41, 5.74) is 1.92. The summed E-state index contributed by atoms with van der Waals surface area (Å²) in [6.45, 7) is 2.85. The van der Waals surface area contributed by atoms with Gasteiger partial charge in [-0.3, -0.25) is 9.78 Å². The van der Waals surface area contributed by atoms with Crippen LogP contribution in [0.4, 0.5) is 11.4 Å². The van der Waals surface area contributed by atoms with Crippen LogP contribution in [0.3, 0.4) is 0 Å². The van der Waals surface area contributed by atoms with Crippen molar-refractivity contribution in [3.05, 3.63) is 51.7 Å². The van der Waals surface area contributed by atoms with Gasteiger partial charge >= 0.3 is 0 Å². The Morgan fingerprint density at radius 2 is 2.19 bits per heavy atom. The van der Waals surface area contributed by atoms with Crippen LogP contribution in [0.2, 0.25) is 5.02 Å². The van der Waals surface area contributed by atoms with Crippen molar-refractivity contribution in [1.29, 1.82) is 0 Å². The highest BCUT2D eigenvalue weighted by molar-refractivity contribution is 9.10. The molecular formula is C15H15BrClN3O. The van der Waals surface area contributed by atoms with Crippen molar-refractivity contribution in [2.75, 3.05) is 17.2 Å². The lowest BCUT2D eigenvalue weighted by Gasteiger charge is -2.11. The van der Waals surface area contributed by atoms with E-state index >= 15 is 0 Å². The predicted molar refractivity (Wildman–Crippen MR) is 90.1 cm³/mol. The minimum Gasteiger partial charge on any atom is -0.383 e. The quantitative estimate of drug-likeness (QED) is 0.812. The van der Waals surface area contributed by atoms with Gasteiger partial charge in [-0.25, -0.2) is 0 Å². The number of amides is 1.